The molecule has 1 saturated heterocycles. The van der Waals surface area contributed by atoms with E-state index in [1.165, 1.54) is 6.07 Å². The van der Waals surface area contributed by atoms with Gasteiger partial charge in [-0.15, -0.1) is 5.10 Å². The summed E-state index contributed by atoms with van der Waals surface area (Å²) in [5.74, 6) is 0.0459. The molecule has 1 aromatic carbocycles. The van der Waals surface area contributed by atoms with Crippen molar-refractivity contribution in [3.05, 3.63) is 65.5 Å². The molecule has 4 aromatic rings. The van der Waals surface area contributed by atoms with Crippen LogP contribution in [0.4, 0.5) is 10.2 Å². The Morgan fingerprint density at radius 1 is 1.23 bits per heavy atom. The number of rotatable bonds is 6. The number of pyridine rings is 1. The van der Waals surface area contributed by atoms with Crippen LogP contribution in [0.1, 0.15) is 52.8 Å². The van der Waals surface area contributed by atoms with E-state index < -0.39 is 11.7 Å². The molecular formula is C24H23FN8O2. The van der Waals surface area contributed by atoms with E-state index in [2.05, 4.69) is 30.8 Å². The summed E-state index contributed by atoms with van der Waals surface area (Å²) in [7, 11) is 0. The molecule has 3 aromatic heterocycles. The summed E-state index contributed by atoms with van der Waals surface area (Å²) in [6.45, 7) is 2.99. The molecule has 0 unspecified atom stereocenters. The van der Waals surface area contributed by atoms with E-state index in [0.717, 1.165) is 25.0 Å². The first-order valence-corrected chi connectivity index (χ1v) is 11.6. The summed E-state index contributed by atoms with van der Waals surface area (Å²) in [6.07, 6.45) is 6.74. The fourth-order valence-corrected chi connectivity index (χ4v) is 4.31. The maximum Gasteiger partial charge on any atom is 0.259 e. The number of carbonyl (C=O) groups is 1. The number of anilines is 1. The van der Waals surface area contributed by atoms with Gasteiger partial charge in [0.15, 0.2) is 0 Å². The minimum Gasteiger partial charge on any atom is -0.379 e. The van der Waals surface area contributed by atoms with Crippen molar-refractivity contribution in [3.8, 4) is 17.2 Å². The number of hydrogen-bond acceptors (Lipinski definition) is 7. The Labute approximate surface area is 200 Å². The van der Waals surface area contributed by atoms with Crippen LogP contribution in [-0.2, 0) is 4.74 Å². The third-order valence-corrected chi connectivity index (χ3v) is 6.37. The molecule has 1 saturated carbocycles. The summed E-state index contributed by atoms with van der Waals surface area (Å²) in [5, 5.41) is 14.7. The largest absolute Gasteiger partial charge is 0.379 e. The molecule has 35 heavy (non-hydrogen) atoms. The third-order valence-electron chi connectivity index (χ3n) is 6.37. The van der Waals surface area contributed by atoms with E-state index in [-0.39, 0.29) is 17.4 Å². The quantitative estimate of drug-likeness (QED) is 0.455. The van der Waals surface area contributed by atoms with Gasteiger partial charge in [-0.1, -0.05) is 6.07 Å². The number of imidazole rings is 1. The van der Waals surface area contributed by atoms with Crippen LogP contribution in [0, 0.1) is 12.7 Å². The fraction of sp³-hybridized carbons (Fsp3) is 0.333. The van der Waals surface area contributed by atoms with Crippen LogP contribution in [0.2, 0.25) is 0 Å². The molecular weight excluding hydrogens is 451 g/mol. The zero-order valence-corrected chi connectivity index (χ0v) is 19.1. The Balaban J connectivity index is 1.26. The SMILES string of the molecule is Cc1cc(F)c(C(=O)Nc2cccc(-c3nnnn3[C@H]3CCOC3)n2)cc1-n1cnc(C2CC2)c1. The predicted molar refractivity (Wildman–Crippen MR) is 124 cm³/mol. The monoisotopic (exact) mass is 474 g/mol. The standard InChI is InChI=1S/C24H23FN8O2/c1-14-9-18(25)17(10-21(14)32-11-20(26-13-32)15-5-6-15)24(34)28-22-4-2-3-19(27-22)23-29-30-31-33(23)16-7-8-35-12-16/h2-4,9-11,13,15-16H,5-8,12H2,1H3,(H,27,28,34)/t16-/m0/s1. The Bertz CT molecular complexity index is 1400. The number of nitrogens with zero attached hydrogens (tertiary/aromatic N) is 7. The minimum absolute atomic E-state index is 0.0312. The Hall–Kier alpha value is -3.99. The number of hydrogen-bond donors (Lipinski definition) is 1. The van der Waals surface area contributed by atoms with Crippen LogP contribution in [0.5, 0.6) is 0 Å². The van der Waals surface area contributed by atoms with Crippen LogP contribution in [0.3, 0.4) is 0 Å². The zero-order chi connectivity index (χ0) is 23.9. The van der Waals surface area contributed by atoms with E-state index in [9.17, 15) is 9.18 Å². The first-order chi connectivity index (χ1) is 17.1. The normalized spacial score (nSPS) is 17.6. The molecule has 11 heteroatoms. The molecule has 0 spiro atoms. The lowest BCUT2D eigenvalue weighted by Gasteiger charge is -2.12. The highest BCUT2D eigenvalue weighted by Crippen LogP contribution is 2.39. The second-order valence-electron chi connectivity index (χ2n) is 8.93. The number of tetrazole rings is 1. The number of carbonyl (C=O) groups excluding carboxylic acids is 1. The fourth-order valence-electron chi connectivity index (χ4n) is 4.31. The van der Waals surface area contributed by atoms with Gasteiger partial charge in [-0.2, -0.15) is 0 Å². The van der Waals surface area contributed by atoms with Crippen molar-refractivity contribution in [1.29, 1.82) is 0 Å². The molecule has 0 radical (unpaired) electrons. The molecule has 2 fully saturated rings. The third kappa shape index (κ3) is 4.18. The van der Waals surface area contributed by atoms with Gasteiger partial charge in [0.2, 0.25) is 5.82 Å². The number of aryl methyl sites for hydroxylation is 1. The summed E-state index contributed by atoms with van der Waals surface area (Å²) in [6, 6.07) is 8.08. The summed E-state index contributed by atoms with van der Waals surface area (Å²) < 4.78 is 23.8. The summed E-state index contributed by atoms with van der Waals surface area (Å²) in [4.78, 5) is 22.0. The maximum atomic E-state index is 14.8. The molecule has 4 heterocycles. The highest BCUT2D eigenvalue weighted by atomic mass is 19.1. The average Bonchev–Trinajstić information content (AvgIpc) is 3.25. The lowest BCUT2D eigenvalue weighted by molar-refractivity contribution is 0.102. The zero-order valence-electron chi connectivity index (χ0n) is 19.1. The minimum atomic E-state index is -0.604. The van der Waals surface area contributed by atoms with E-state index >= 15 is 0 Å². The van der Waals surface area contributed by atoms with E-state index in [4.69, 9.17) is 4.74 Å². The molecule has 10 nitrogen and oxygen atoms in total. The smallest absolute Gasteiger partial charge is 0.259 e. The Morgan fingerprint density at radius 3 is 2.91 bits per heavy atom. The highest BCUT2D eigenvalue weighted by Gasteiger charge is 2.26. The topological polar surface area (TPSA) is 113 Å². The van der Waals surface area contributed by atoms with Crippen LogP contribution in [0.15, 0.2) is 42.9 Å². The molecule has 1 amide bonds. The molecule has 6 rings (SSSR count). The number of benzene rings is 1. The van der Waals surface area contributed by atoms with Gasteiger partial charge in [0.05, 0.1) is 35.9 Å². The Kier molecular flexibility index (Phi) is 5.33. The van der Waals surface area contributed by atoms with Crippen molar-refractivity contribution in [2.75, 3.05) is 18.5 Å². The van der Waals surface area contributed by atoms with Crippen molar-refractivity contribution in [1.82, 2.24) is 34.7 Å². The summed E-state index contributed by atoms with van der Waals surface area (Å²) >= 11 is 0. The predicted octanol–water partition coefficient (Wildman–Crippen LogP) is 3.46. The maximum absolute atomic E-state index is 14.8. The van der Waals surface area contributed by atoms with Gasteiger partial charge in [-0.05, 0) is 66.4 Å². The van der Waals surface area contributed by atoms with Gasteiger partial charge in [0, 0.05) is 18.7 Å². The van der Waals surface area contributed by atoms with Crippen LogP contribution in [-0.4, -0.2) is 53.9 Å². The number of nitrogens with one attached hydrogen (secondary N) is 1. The molecule has 1 aliphatic heterocycles. The number of aromatic nitrogens is 7. The van der Waals surface area contributed by atoms with Gasteiger partial charge in [0.25, 0.3) is 5.91 Å². The van der Waals surface area contributed by atoms with Crippen molar-refractivity contribution < 1.29 is 13.9 Å². The number of amides is 1. The molecule has 1 N–H and O–H groups in total. The van der Waals surface area contributed by atoms with Gasteiger partial charge < -0.3 is 14.6 Å². The van der Waals surface area contributed by atoms with Crippen molar-refractivity contribution in [2.24, 2.45) is 0 Å². The second-order valence-corrected chi connectivity index (χ2v) is 8.93. The lowest BCUT2D eigenvalue weighted by atomic mass is 10.1. The molecule has 1 aliphatic carbocycles. The van der Waals surface area contributed by atoms with Crippen molar-refractivity contribution in [2.45, 2.75) is 38.1 Å². The van der Waals surface area contributed by atoms with Gasteiger partial charge in [-0.25, -0.2) is 19.0 Å². The van der Waals surface area contributed by atoms with Crippen LogP contribution < -0.4 is 5.32 Å². The Morgan fingerprint density at radius 2 is 2.11 bits per heavy atom. The summed E-state index contributed by atoms with van der Waals surface area (Å²) in [5.41, 5.74) is 2.85. The molecule has 178 valence electrons. The number of ether oxygens (including phenoxy) is 1. The van der Waals surface area contributed by atoms with E-state index in [1.54, 1.807) is 35.3 Å². The highest BCUT2D eigenvalue weighted by molar-refractivity contribution is 6.04. The van der Waals surface area contributed by atoms with Gasteiger partial charge in [0.1, 0.15) is 17.3 Å². The van der Waals surface area contributed by atoms with Crippen LogP contribution in [0.25, 0.3) is 17.2 Å². The van der Waals surface area contributed by atoms with E-state index in [1.807, 2.05) is 17.7 Å². The molecule has 2 aliphatic rings. The van der Waals surface area contributed by atoms with Gasteiger partial charge in [-0.3, -0.25) is 4.79 Å². The average molecular weight is 475 g/mol. The first-order valence-electron chi connectivity index (χ1n) is 11.6. The first kappa shape index (κ1) is 21.5. The molecule has 1 atom stereocenters. The number of halogens is 1. The second kappa shape index (κ2) is 8.66. The van der Waals surface area contributed by atoms with E-state index in [0.29, 0.717) is 41.9 Å². The molecule has 0 bridgehead atoms. The van der Waals surface area contributed by atoms with Crippen LogP contribution >= 0.6 is 0 Å². The van der Waals surface area contributed by atoms with Crippen molar-refractivity contribution >= 4 is 11.7 Å². The van der Waals surface area contributed by atoms with Crippen molar-refractivity contribution in [3.63, 3.8) is 0 Å². The lowest BCUT2D eigenvalue weighted by Crippen LogP contribution is -2.16. The van der Waals surface area contributed by atoms with Gasteiger partial charge >= 0.3 is 0 Å².